The molecule has 2 aromatic carbocycles. The first-order valence-corrected chi connectivity index (χ1v) is 11.0. The molecule has 2 aliphatic rings. The van der Waals surface area contributed by atoms with Crippen LogP contribution in [0.2, 0.25) is 5.02 Å². The highest BCUT2D eigenvalue weighted by atomic mass is 35.5. The van der Waals surface area contributed by atoms with Gasteiger partial charge in [0.05, 0.1) is 14.2 Å². The minimum absolute atomic E-state index is 0.00810. The maximum atomic E-state index is 13.0. The zero-order valence-electron chi connectivity index (χ0n) is 17.8. The molecular formula is C24H27ClN2O4. The maximum absolute atomic E-state index is 13.0. The summed E-state index contributed by atoms with van der Waals surface area (Å²) in [7, 11) is 3.19. The lowest BCUT2D eigenvalue weighted by atomic mass is 9.85. The first-order chi connectivity index (χ1) is 15.0. The van der Waals surface area contributed by atoms with Crippen LogP contribution in [-0.2, 0) is 6.42 Å². The second kappa shape index (κ2) is 9.18. The highest BCUT2D eigenvalue weighted by Gasteiger charge is 2.35. The smallest absolute Gasteiger partial charge is 0.321 e. The molecular weight excluding hydrogens is 416 g/mol. The number of Topliss-reactive ketones (excluding diaryl/α,β-unsaturated/α-hetero) is 1. The Labute approximate surface area is 187 Å². The number of ether oxygens (including phenoxy) is 2. The Bertz CT molecular complexity index is 968. The van der Waals surface area contributed by atoms with Crippen LogP contribution in [-0.4, -0.2) is 44.0 Å². The number of likely N-dealkylation sites (tertiary alicyclic amines) is 1. The van der Waals surface area contributed by atoms with E-state index < -0.39 is 0 Å². The number of halogens is 1. The van der Waals surface area contributed by atoms with Crippen LogP contribution in [0.4, 0.5) is 10.5 Å². The molecule has 1 unspecified atom stereocenters. The SMILES string of the molecule is COc1cc2c(cc1OC)C(=O)C(CC1CCN(C(=O)Nc3ccc(Cl)cc3)CC1)C2. The number of hydrogen-bond donors (Lipinski definition) is 1. The summed E-state index contributed by atoms with van der Waals surface area (Å²) in [4.78, 5) is 27.3. The number of carbonyl (C=O) groups excluding carboxylic acids is 2. The minimum atomic E-state index is -0.0932. The third-order valence-corrected chi connectivity index (χ3v) is 6.58. The van der Waals surface area contributed by atoms with Gasteiger partial charge in [-0.1, -0.05) is 11.6 Å². The quantitative estimate of drug-likeness (QED) is 0.703. The lowest BCUT2D eigenvalue weighted by molar-refractivity contribution is 0.0903. The number of rotatable bonds is 5. The van der Waals surface area contributed by atoms with Crippen molar-refractivity contribution >= 4 is 29.1 Å². The molecule has 0 spiro atoms. The van der Waals surface area contributed by atoms with Crippen LogP contribution in [0, 0.1) is 11.8 Å². The third kappa shape index (κ3) is 4.64. The van der Waals surface area contributed by atoms with Gasteiger partial charge in [-0.15, -0.1) is 0 Å². The van der Waals surface area contributed by atoms with Gasteiger partial charge in [0.25, 0.3) is 0 Å². The number of methoxy groups -OCH3 is 2. The fourth-order valence-electron chi connectivity index (χ4n) is 4.60. The maximum Gasteiger partial charge on any atom is 0.321 e. The number of benzene rings is 2. The molecule has 1 saturated heterocycles. The first kappa shape index (κ1) is 21.5. The average Bonchev–Trinajstić information content (AvgIpc) is 3.09. The Morgan fingerprint density at radius 1 is 1.10 bits per heavy atom. The van der Waals surface area contributed by atoms with Crippen LogP contribution in [0.5, 0.6) is 11.5 Å². The van der Waals surface area contributed by atoms with Crippen molar-refractivity contribution in [3.8, 4) is 11.5 Å². The fraction of sp³-hybridized carbons (Fsp3) is 0.417. The average molecular weight is 443 g/mol. The van der Waals surface area contributed by atoms with E-state index in [0.717, 1.165) is 42.5 Å². The monoisotopic (exact) mass is 442 g/mol. The molecule has 2 aromatic rings. The summed E-state index contributed by atoms with van der Waals surface area (Å²) in [5.41, 5.74) is 2.52. The Balaban J connectivity index is 1.31. The van der Waals surface area contributed by atoms with Gasteiger partial charge >= 0.3 is 6.03 Å². The Hall–Kier alpha value is -2.73. The van der Waals surface area contributed by atoms with Crippen LogP contribution in [0.3, 0.4) is 0 Å². The number of hydrogen-bond acceptors (Lipinski definition) is 4. The van der Waals surface area contributed by atoms with Crippen molar-refractivity contribution in [1.29, 1.82) is 0 Å². The summed E-state index contributed by atoms with van der Waals surface area (Å²) < 4.78 is 10.7. The summed E-state index contributed by atoms with van der Waals surface area (Å²) in [5.74, 6) is 1.88. The molecule has 31 heavy (non-hydrogen) atoms. The highest BCUT2D eigenvalue weighted by molar-refractivity contribution is 6.30. The van der Waals surface area contributed by atoms with Gasteiger partial charge in [0, 0.05) is 35.3 Å². The first-order valence-electron chi connectivity index (χ1n) is 10.6. The molecule has 2 amide bonds. The Kier molecular flexibility index (Phi) is 6.37. The fourth-order valence-corrected chi connectivity index (χ4v) is 4.72. The predicted molar refractivity (Wildman–Crippen MR) is 120 cm³/mol. The topological polar surface area (TPSA) is 67.9 Å². The molecule has 1 aliphatic heterocycles. The molecule has 7 heteroatoms. The number of anilines is 1. The van der Waals surface area contributed by atoms with E-state index in [2.05, 4.69) is 5.32 Å². The van der Waals surface area contributed by atoms with Crippen molar-refractivity contribution in [2.45, 2.75) is 25.7 Å². The van der Waals surface area contributed by atoms with Crippen molar-refractivity contribution in [3.63, 3.8) is 0 Å². The molecule has 0 saturated carbocycles. The summed E-state index contributed by atoms with van der Waals surface area (Å²) >= 11 is 5.89. The van der Waals surface area contributed by atoms with Crippen LogP contribution >= 0.6 is 11.6 Å². The summed E-state index contributed by atoms with van der Waals surface area (Å²) in [5, 5.41) is 3.56. The number of carbonyl (C=O) groups is 2. The molecule has 1 N–H and O–H groups in total. The van der Waals surface area contributed by atoms with E-state index in [-0.39, 0.29) is 17.7 Å². The number of amides is 2. The van der Waals surface area contributed by atoms with Crippen LogP contribution < -0.4 is 14.8 Å². The number of urea groups is 1. The number of ketones is 1. The van der Waals surface area contributed by atoms with Crippen molar-refractivity contribution in [1.82, 2.24) is 4.90 Å². The molecule has 0 aromatic heterocycles. The molecule has 164 valence electrons. The predicted octanol–water partition coefficient (Wildman–Crippen LogP) is 5.05. The summed E-state index contributed by atoms with van der Waals surface area (Å²) in [6, 6.07) is 10.7. The van der Waals surface area contributed by atoms with E-state index in [4.69, 9.17) is 21.1 Å². The number of piperidine rings is 1. The number of nitrogens with one attached hydrogen (secondary N) is 1. The zero-order valence-corrected chi connectivity index (χ0v) is 18.6. The van der Waals surface area contributed by atoms with Crippen molar-refractivity contribution in [2.75, 3.05) is 32.6 Å². The van der Waals surface area contributed by atoms with Gasteiger partial charge in [-0.25, -0.2) is 4.79 Å². The lowest BCUT2D eigenvalue weighted by Crippen LogP contribution is -2.41. The summed E-state index contributed by atoms with van der Waals surface area (Å²) in [6.07, 6.45) is 3.40. The van der Waals surface area contributed by atoms with E-state index in [0.29, 0.717) is 35.5 Å². The van der Waals surface area contributed by atoms with E-state index >= 15 is 0 Å². The lowest BCUT2D eigenvalue weighted by Gasteiger charge is -2.33. The molecule has 0 radical (unpaired) electrons. The molecule has 4 rings (SSSR count). The van der Waals surface area contributed by atoms with Gasteiger partial charge in [0.2, 0.25) is 0 Å². The summed E-state index contributed by atoms with van der Waals surface area (Å²) in [6.45, 7) is 1.39. The van der Waals surface area contributed by atoms with Crippen LogP contribution in [0.15, 0.2) is 36.4 Å². The molecule has 6 nitrogen and oxygen atoms in total. The largest absolute Gasteiger partial charge is 0.493 e. The molecule has 0 bridgehead atoms. The Morgan fingerprint density at radius 2 is 1.74 bits per heavy atom. The molecule has 1 aliphatic carbocycles. The molecule has 1 heterocycles. The Morgan fingerprint density at radius 3 is 2.39 bits per heavy atom. The number of nitrogens with zero attached hydrogens (tertiary/aromatic N) is 1. The zero-order chi connectivity index (χ0) is 22.0. The van der Waals surface area contributed by atoms with E-state index in [1.165, 1.54) is 0 Å². The molecule has 1 atom stereocenters. The van der Waals surface area contributed by atoms with E-state index in [1.54, 1.807) is 44.6 Å². The van der Waals surface area contributed by atoms with Gasteiger partial charge in [-0.2, -0.15) is 0 Å². The second-order valence-electron chi connectivity index (χ2n) is 8.23. The van der Waals surface area contributed by atoms with Gasteiger partial charge in [-0.3, -0.25) is 4.79 Å². The second-order valence-corrected chi connectivity index (χ2v) is 8.67. The number of fused-ring (bicyclic) bond motifs is 1. The highest BCUT2D eigenvalue weighted by Crippen LogP contribution is 2.39. The van der Waals surface area contributed by atoms with Gasteiger partial charge in [-0.05, 0) is 73.6 Å². The minimum Gasteiger partial charge on any atom is -0.493 e. The van der Waals surface area contributed by atoms with Crippen molar-refractivity contribution < 1.29 is 19.1 Å². The standard InChI is InChI=1S/C24H27ClN2O4/c1-30-21-13-16-12-17(23(28)20(16)14-22(21)31-2)11-15-7-9-27(10-8-15)24(29)26-19-5-3-18(25)4-6-19/h3-6,13-15,17H,7-12H2,1-2H3,(H,26,29). The van der Waals surface area contributed by atoms with Crippen molar-refractivity contribution in [2.24, 2.45) is 11.8 Å². The van der Waals surface area contributed by atoms with Crippen LogP contribution in [0.25, 0.3) is 0 Å². The van der Waals surface area contributed by atoms with Crippen molar-refractivity contribution in [3.05, 3.63) is 52.5 Å². The molecule has 1 fully saturated rings. The van der Waals surface area contributed by atoms with Gasteiger partial charge in [0.15, 0.2) is 17.3 Å². The van der Waals surface area contributed by atoms with E-state index in [9.17, 15) is 9.59 Å². The van der Waals surface area contributed by atoms with Gasteiger partial charge in [0.1, 0.15) is 0 Å². The van der Waals surface area contributed by atoms with Gasteiger partial charge < -0.3 is 19.7 Å². The normalized spacial score (nSPS) is 18.6. The van der Waals surface area contributed by atoms with Crippen LogP contribution in [0.1, 0.15) is 35.2 Å². The van der Waals surface area contributed by atoms with E-state index in [1.807, 2.05) is 11.0 Å². The third-order valence-electron chi connectivity index (χ3n) is 6.33.